The number of anilines is 1. The summed E-state index contributed by atoms with van der Waals surface area (Å²) in [5.74, 6) is 0.883. The van der Waals surface area contributed by atoms with Crippen LogP contribution in [-0.2, 0) is 9.59 Å². The number of para-hydroxylation sites is 1. The lowest BCUT2D eigenvalue weighted by molar-refractivity contribution is -0.132. The number of nitrogens with one attached hydrogen (secondary N) is 1. The Morgan fingerprint density at radius 2 is 1.72 bits per heavy atom. The zero-order valence-corrected chi connectivity index (χ0v) is 22.7. The molecular formula is C26H21Br2N3O5. The minimum atomic E-state index is -0.490. The van der Waals surface area contributed by atoms with Gasteiger partial charge in [-0.05, 0) is 64.5 Å². The van der Waals surface area contributed by atoms with Crippen LogP contribution in [0.3, 0.4) is 0 Å². The largest absolute Gasteiger partial charge is 0.493 e. The maximum absolute atomic E-state index is 13.2. The summed E-state index contributed by atoms with van der Waals surface area (Å²) in [6.45, 7) is 1.31. The topological polar surface area (TPSA) is 89.5 Å². The van der Waals surface area contributed by atoms with E-state index in [0.717, 1.165) is 4.47 Å². The Balaban J connectivity index is 1.90. The van der Waals surface area contributed by atoms with E-state index in [-0.39, 0.29) is 11.4 Å². The molecule has 1 N–H and O–H groups in total. The molecule has 8 nitrogen and oxygen atoms in total. The maximum atomic E-state index is 13.2. The Morgan fingerprint density at radius 1 is 1.00 bits per heavy atom. The molecule has 0 bridgehead atoms. The number of esters is 1. The van der Waals surface area contributed by atoms with E-state index in [4.69, 9.17) is 19.2 Å². The molecule has 1 aliphatic heterocycles. The second kappa shape index (κ2) is 11.0. The van der Waals surface area contributed by atoms with Gasteiger partial charge in [-0.3, -0.25) is 15.0 Å². The molecule has 0 aromatic heterocycles. The standard InChI is InChI=1S/C26H21Br2N3O5/c1-15(32)36-24-17(11-18(27)14-20(24)28)12-21-26(33)30-31(19-7-5-4-6-8-19)25(29-21)16-9-10-22(34-2)23(13-16)35-3/h4-14H,1-3H3,(H,30,33)/b21-12-. The number of nitrogens with zero attached hydrogens (tertiary/aromatic N) is 2. The van der Waals surface area contributed by atoms with E-state index in [1.807, 2.05) is 36.4 Å². The second-order valence-corrected chi connectivity index (χ2v) is 9.32. The van der Waals surface area contributed by atoms with Crippen molar-refractivity contribution in [3.8, 4) is 17.2 Å². The van der Waals surface area contributed by atoms with E-state index in [0.29, 0.717) is 38.6 Å². The third-order valence-electron chi connectivity index (χ3n) is 5.12. The summed E-state index contributed by atoms with van der Waals surface area (Å²) in [5.41, 5.74) is 4.89. The number of halogens is 2. The van der Waals surface area contributed by atoms with Crippen molar-refractivity contribution in [2.24, 2.45) is 4.99 Å². The predicted octanol–water partition coefficient (Wildman–Crippen LogP) is 5.49. The number of amides is 1. The van der Waals surface area contributed by atoms with Crippen molar-refractivity contribution in [3.05, 3.63) is 86.4 Å². The first-order valence-electron chi connectivity index (χ1n) is 10.7. The monoisotopic (exact) mass is 613 g/mol. The SMILES string of the molecule is COc1ccc(C2=N/C(=C\c3cc(Br)cc(Br)c3OC(C)=O)C(=O)NN2c2ccccc2)cc1OC. The molecule has 36 heavy (non-hydrogen) atoms. The summed E-state index contributed by atoms with van der Waals surface area (Å²) in [6.07, 6.45) is 1.56. The average molecular weight is 615 g/mol. The molecule has 3 aromatic rings. The number of carbonyl (C=O) groups excluding carboxylic acids is 2. The number of ether oxygens (including phenoxy) is 3. The van der Waals surface area contributed by atoms with Gasteiger partial charge >= 0.3 is 5.97 Å². The Labute approximate surface area is 224 Å². The summed E-state index contributed by atoms with van der Waals surface area (Å²) in [6, 6.07) is 18.2. The van der Waals surface area contributed by atoms with Crippen molar-refractivity contribution >= 4 is 61.3 Å². The maximum Gasteiger partial charge on any atom is 0.308 e. The smallest absolute Gasteiger partial charge is 0.308 e. The minimum Gasteiger partial charge on any atom is -0.493 e. The number of hydrogen-bond acceptors (Lipinski definition) is 7. The normalized spacial score (nSPS) is 14.2. The molecule has 1 amide bonds. The van der Waals surface area contributed by atoms with Gasteiger partial charge in [-0.15, -0.1) is 0 Å². The molecule has 3 aromatic carbocycles. The number of rotatable bonds is 6. The Hall–Kier alpha value is -3.63. The third kappa shape index (κ3) is 5.44. The number of amidine groups is 1. The van der Waals surface area contributed by atoms with Crippen molar-refractivity contribution in [2.45, 2.75) is 6.92 Å². The van der Waals surface area contributed by atoms with Gasteiger partial charge in [0.2, 0.25) is 0 Å². The van der Waals surface area contributed by atoms with Gasteiger partial charge in [0.05, 0.1) is 24.4 Å². The van der Waals surface area contributed by atoms with Gasteiger partial charge in [-0.2, -0.15) is 0 Å². The molecule has 0 spiro atoms. The van der Waals surface area contributed by atoms with Gasteiger partial charge < -0.3 is 14.2 Å². The van der Waals surface area contributed by atoms with Crippen LogP contribution in [0.2, 0.25) is 0 Å². The zero-order chi connectivity index (χ0) is 25.8. The average Bonchev–Trinajstić information content (AvgIpc) is 2.87. The number of aliphatic imine (C=N–C) groups is 1. The minimum absolute atomic E-state index is 0.116. The third-order valence-corrected chi connectivity index (χ3v) is 6.16. The molecule has 0 saturated heterocycles. The molecule has 1 aliphatic rings. The van der Waals surface area contributed by atoms with E-state index in [1.165, 1.54) is 6.92 Å². The number of hydrogen-bond donors (Lipinski definition) is 1. The quantitative estimate of drug-likeness (QED) is 0.224. The van der Waals surface area contributed by atoms with E-state index in [1.54, 1.807) is 49.6 Å². The number of methoxy groups -OCH3 is 2. The predicted molar refractivity (Wildman–Crippen MR) is 144 cm³/mol. The lowest BCUT2D eigenvalue weighted by Crippen LogP contribution is -2.50. The summed E-state index contributed by atoms with van der Waals surface area (Å²) in [4.78, 5) is 29.6. The summed E-state index contributed by atoms with van der Waals surface area (Å²) in [5, 5.41) is 1.60. The highest BCUT2D eigenvalue weighted by Gasteiger charge is 2.27. The molecule has 0 aliphatic carbocycles. The molecule has 0 saturated carbocycles. The molecule has 0 fully saturated rings. The summed E-state index contributed by atoms with van der Waals surface area (Å²) >= 11 is 6.86. The molecule has 0 unspecified atom stereocenters. The van der Waals surface area contributed by atoms with Crippen LogP contribution in [0, 0.1) is 0 Å². The van der Waals surface area contributed by atoms with Crippen molar-refractivity contribution < 1.29 is 23.8 Å². The van der Waals surface area contributed by atoms with Crippen molar-refractivity contribution in [1.29, 1.82) is 0 Å². The molecule has 184 valence electrons. The first-order chi connectivity index (χ1) is 17.3. The molecular weight excluding hydrogens is 594 g/mol. The van der Waals surface area contributed by atoms with Crippen LogP contribution in [-0.4, -0.2) is 31.9 Å². The number of benzene rings is 3. The molecule has 10 heteroatoms. The highest BCUT2D eigenvalue weighted by Crippen LogP contribution is 2.35. The zero-order valence-electron chi connectivity index (χ0n) is 19.5. The first-order valence-corrected chi connectivity index (χ1v) is 12.3. The van der Waals surface area contributed by atoms with Gasteiger partial charge in [-0.25, -0.2) is 10.0 Å². The Kier molecular flexibility index (Phi) is 7.76. The Bertz CT molecular complexity index is 1390. The fraction of sp³-hybridized carbons (Fsp3) is 0.115. The van der Waals surface area contributed by atoms with Crippen LogP contribution in [0.5, 0.6) is 17.2 Å². The lowest BCUT2D eigenvalue weighted by Gasteiger charge is -2.30. The fourth-order valence-electron chi connectivity index (χ4n) is 3.54. The van der Waals surface area contributed by atoms with Gasteiger partial charge in [0.25, 0.3) is 5.91 Å². The highest BCUT2D eigenvalue weighted by atomic mass is 79.9. The van der Waals surface area contributed by atoms with Crippen LogP contribution >= 0.6 is 31.9 Å². The molecule has 0 radical (unpaired) electrons. The van der Waals surface area contributed by atoms with Crippen LogP contribution in [0.4, 0.5) is 5.69 Å². The lowest BCUT2D eigenvalue weighted by atomic mass is 10.1. The van der Waals surface area contributed by atoms with E-state index in [2.05, 4.69) is 37.3 Å². The van der Waals surface area contributed by atoms with Crippen LogP contribution in [0.25, 0.3) is 6.08 Å². The van der Waals surface area contributed by atoms with Crippen LogP contribution < -0.4 is 24.6 Å². The second-order valence-electron chi connectivity index (χ2n) is 7.55. The number of carbonyl (C=O) groups is 2. The first kappa shape index (κ1) is 25.5. The van der Waals surface area contributed by atoms with Gasteiger partial charge in [0.15, 0.2) is 23.1 Å². The van der Waals surface area contributed by atoms with Crippen molar-refractivity contribution in [3.63, 3.8) is 0 Å². The molecule has 1 heterocycles. The fourth-order valence-corrected chi connectivity index (χ4v) is 4.88. The summed E-state index contributed by atoms with van der Waals surface area (Å²) in [7, 11) is 3.11. The van der Waals surface area contributed by atoms with Crippen LogP contribution in [0.15, 0.2) is 80.3 Å². The molecule has 0 atom stereocenters. The van der Waals surface area contributed by atoms with E-state index in [9.17, 15) is 9.59 Å². The van der Waals surface area contributed by atoms with E-state index < -0.39 is 11.9 Å². The van der Waals surface area contributed by atoms with Gasteiger partial charge in [-0.1, -0.05) is 34.1 Å². The van der Waals surface area contributed by atoms with Gasteiger partial charge in [0.1, 0.15) is 5.70 Å². The van der Waals surface area contributed by atoms with E-state index >= 15 is 0 Å². The molecule has 4 rings (SSSR count). The highest BCUT2D eigenvalue weighted by molar-refractivity contribution is 9.11. The van der Waals surface area contributed by atoms with Crippen molar-refractivity contribution in [1.82, 2.24) is 5.43 Å². The Morgan fingerprint density at radius 3 is 2.39 bits per heavy atom. The number of hydrazine groups is 1. The van der Waals surface area contributed by atoms with Crippen molar-refractivity contribution in [2.75, 3.05) is 19.2 Å². The van der Waals surface area contributed by atoms with Gasteiger partial charge in [0, 0.05) is 22.5 Å². The summed E-state index contributed by atoms with van der Waals surface area (Å²) < 4.78 is 17.5. The van der Waals surface area contributed by atoms with Crippen LogP contribution in [0.1, 0.15) is 18.1 Å².